The van der Waals surface area contributed by atoms with Crippen LogP contribution in [-0.2, 0) is 32.7 Å². The molecule has 0 aliphatic rings. The summed E-state index contributed by atoms with van der Waals surface area (Å²) in [5.74, 6) is -8.85. The Kier molecular flexibility index (Phi) is 42.7. The van der Waals surface area contributed by atoms with Gasteiger partial charge >= 0.3 is 176 Å². The van der Waals surface area contributed by atoms with Gasteiger partial charge in [-0.3, -0.25) is 0 Å². The van der Waals surface area contributed by atoms with E-state index in [1.807, 2.05) is 30.0 Å². The summed E-state index contributed by atoms with van der Waals surface area (Å²) in [6.07, 6.45) is -0.429. The Hall–Kier alpha value is -8.59. The number of aliphatic hydroxyl groups excluding tert-OH is 1. The van der Waals surface area contributed by atoms with Gasteiger partial charge in [-0.2, -0.15) is 0 Å². The zero-order valence-electron chi connectivity index (χ0n) is 72.8. The minimum Gasteiger partial charge on any atom is -0.0901 e. The van der Waals surface area contributed by atoms with Gasteiger partial charge in [-0.05, 0) is 249 Å². The third kappa shape index (κ3) is 53.1. The van der Waals surface area contributed by atoms with Gasteiger partial charge in [0.15, 0.2) is 87.4 Å². The maximum atomic E-state index is 12.3. The minimum atomic E-state index is -10.7. The summed E-state index contributed by atoms with van der Waals surface area (Å²) in [5, 5.41) is 9.14. The van der Waals surface area contributed by atoms with E-state index in [2.05, 4.69) is 399 Å². The van der Waals surface area contributed by atoms with Crippen LogP contribution in [0, 0.1) is 50.3 Å². The molecule has 15 rings (SSSR count). The van der Waals surface area contributed by atoms with Gasteiger partial charge in [0.05, 0.1) is 38.8 Å². The second kappa shape index (κ2) is 49.8. The summed E-state index contributed by atoms with van der Waals surface area (Å²) in [4.78, 5) is 17.1. The molecule has 0 amide bonds. The first-order valence-electron chi connectivity index (χ1n) is 39.9. The Morgan fingerprint density at radius 2 is 0.486 bits per heavy atom. The van der Waals surface area contributed by atoms with Crippen LogP contribution in [-0.4, -0.2) is 46.0 Å². The maximum Gasteiger partial charge on any atom is 0.166 e. The second-order valence-electron chi connectivity index (χ2n) is 28.8. The zero-order chi connectivity index (χ0) is 103. The number of hydrogen-bond acceptors (Lipinski definition) is 4. The largest absolute Gasteiger partial charge is 0.166 e. The number of benzene rings is 15. The molecule has 0 aliphatic heterocycles. The summed E-state index contributed by atoms with van der Waals surface area (Å²) < 4.78 is 299. The van der Waals surface area contributed by atoms with Crippen LogP contribution in [0.2, 0.25) is 0 Å². The van der Waals surface area contributed by atoms with E-state index in [0.717, 1.165) is 5.75 Å². The SMILES string of the molecule is CC(O)COc1ccc([I+]c2ccccc2)cc1.Cc1ccc([I+]c2ccc(C(C)C)cc2)cc1.F[P-](F)(F)(F)(F)F.F[P-](F)(F)(F)(F)F.F[P-](F)(F)(F)(F)F.[B]c1c(F)c(F)c(F)c(F)c1F.[F-].[F][Sb]([F])([F])([F])[F].c1ccc(Sc2ccc([S+](c3ccccc3)c3ccccc3)cc2)cc1.c1ccc([S+](c2ccccc2)c2ccc(Sc3ccc([S+](c4ccccc4)c4ccccc4)cc3)cc2)cc1. The molecule has 15 aromatic rings. The molecule has 15 aromatic carbocycles. The molecule has 0 aromatic heterocycles. The molecule has 1 N–H and O–H groups in total. The maximum absolute atomic E-state index is 12.3. The van der Waals surface area contributed by atoms with Gasteiger partial charge in [0.2, 0.25) is 0 Å². The molecule has 43 heteroatoms. The van der Waals surface area contributed by atoms with Gasteiger partial charge < -0.3 is 14.5 Å². The molecule has 2 radical (unpaired) electrons. The Morgan fingerprint density at radius 1 is 0.293 bits per heavy atom. The van der Waals surface area contributed by atoms with Gasteiger partial charge in [-0.1, -0.05) is 213 Å². The molecule has 0 heterocycles. The molecule has 2 nitrogen and oxygen atoms in total. The van der Waals surface area contributed by atoms with Crippen molar-refractivity contribution in [2.75, 3.05) is 6.61 Å². The van der Waals surface area contributed by atoms with Crippen molar-refractivity contribution in [3.8, 4) is 5.75 Å². The summed E-state index contributed by atoms with van der Waals surface area (Å²) in [5.41, 5.74) is 1.40. The van der Waals surface area contributed by atoms with E-state index in [1.54, 1.807) is 18.7 Å². The monoisotopic (exact) mass is 2470 g/mol. The van der Waals surface area contributed by atoms with Crippen molar-refractivity contribution in [3.63, 3.8) is 0 Å². The van der Waals surface area contributed by atoms with Crippen molar-refractivity contribution in [2.24, 2.45) is 0 Å². The average Bonchev–Trinajstić information content (AvgIpc) is 0.790. The standard InChI is InChI=1S/C36H28S3.C24H19S2.C16H18I.C15H16IO2.C6BF5.3F6P.6FH.Sb/c1-5-13-31(14-6-1)38(32-15-7-2-8-16-32)35-25-21-29(22-26-35)37-30-23-27-36(28-24-30)39(33-17-9-3-10-18-33)34-19-11-4-12-20-34;1-4-10-20(11-5-1)25-21-16-18-24(19-17-21)26(22-12-6-2-7-13-22)23-14-8-3-9-15-23;1-12(2)14-6-10-16(11-7-14)17-15-8-4-13(3)5-9-15;1-12(17)11-18-15-9-7-14(8-10-15)16-13-5-3-2-4-6-13;7-1-2(8)4(10)6(12)5(11)3(1)9;3*1-7(2,3,4,5)6;;;;;;;/h1-28H;1-19H;4-12H,1-3H3;2-10,12,17H,11H2,1H3;;;;;6*1H;/q+2;3*+1;;3*-1;;;;;;;+5/p-6. The van der Waals surface area contributed by atoms with Crippen LogP contribution in [0.3, 0.4) is 0 Å². The molecule has 0 saturated heterocycles. The number of ether oxygens (including phenoxy) is 1. The normalized spacial score (nSPS) is 13.2. The Morgan fingerprint density at radius 3 is 0.721 bits per heavy atom. The molecule has 0 bridgehead atoms. The van der Waals surface area contributed by atoms with E-state index in [1.165, 1.54) is 89.0 Å². The molecule has 1 unspecified atom stereocenters. The minimum absolute atomic E-state index is 0. The summed E-state index contributed by atoms with van der Waals surface area (Å²) >= 11 is -5.70. The van der Waals surface area contributed by atoms with Gasteiger partial charge in [-0.15, -0.1) is 0 Å². The van der Waals surface area contributed by atoms with Crippen molar-refractivity contribution in [2.45, 2.75) is 103 Å². The first kappa shape index (κ1) is 120. The molecule has 0 spiro atoms. The van der Waals surface area contributed by atoms with E-state index >= 15 is 0 Å². The Labute approximate surface area is 832 Å². The fourth-order valence-corrected chi connectivity index (χ4v) is 23.2. The molecule has 0 aliphatic carbocycles. The Balaban J connectivity index is 0.000000261. The van der Waals surface area contributed by atoms with Crippen LogP contribution in [0.15, 0.2) is 452 Å². The van der Waals surface area contributed by atoms with Crippen LogP contribution < -0.4 is 57.3 Å². The van der Waals surface area contributed by atoms with Crippen molar-refractivity contribution in [1.82, 2.24) is 0 Å². The first-order valence-corrected chi connectivity index (χ1v) is 60.5. The fraction of sp³-hybridized carbons (Fsp3) is 0.0722. The molecule has 750 valence electrons. The topological polar surface area (TPSA) is 29.5 Å². The van der Waals surface area contributed by atoms with Crippen molar-refractivity contribution >= 4 is 113 Å². The fourth-order valence-electron chi connectivity index (χ4n) is 10.9. The van der Waals surface area contributed by atoms with Crippen LogP contribution >= 0.6 is 46.9 Å². The summed E-state index contributed by atoms with van der Waals surface area (Å²) in [6.45, 7) is 8.68. The van der Waals surface area contributed by atoms with E-state index in [0.29, 0.717) is 12.5 Å². The van der Waals surface area contributed by atoms with Gasteiger partial charge in [0, 0.05) is 19.6 Å². The van der Waals surface area contributed by atoms with Crippen molar-refractivity contribution < 1.29 is 169 Å². The second-order valence-corrected chi connectivity index (χ2v) is 52.7. The smallest absolute Gasteiger partial charge is 0.0901 e. The number of aryl methyl sites for hydroxylation is 1. The molecule has 0 saturated carbocycles. The Bertz CT molecular complexity index is 5830. The summed E-state index contributed by atoms with van der Waals surface area (Å²) in [7, 11) is -27.7. The van der Waals surface area contributed by atoms with Crippen LogP contribution in [0.5, 0.6) is 5.75 Å². The number of aliphatic hydroxyl groups is 1. The van der Waals surface area contributed by atoms with E-state index in [-0.39, 0.29) is 79.8 Å². The number of rotatable bonds is 21. The van der Waals surface area contributed by atoms with Crippen molar-refractivity contribution in [3.05, 3.63) is 443 Å². The quantitative estimate of drug-likeness (QED) is 0.0148. The molecular weight excluding hydrogens is 2390 g/mol. The van der Waals surface area contributed by atoms with Gasteiger partial charge in [-0.25, -0.2) is 22.0 Å². The predicted molar refractivity (Wildman–Crippen MR) is 499 cm³/mol. The average molecular weight is 2470 g/mol. The third-order valence-corrected chi connectivity index (χ3v) is 30.6. The van der Waals surface area contributed by atoms with E-state index in [4.69, 9.17) is 9.84 Å². The molecule has 140 heavy (non-hydrogen) atoms. The van der Waals surface area contributed by atoms with E-state index < -0.39 is 84.4 Å². The molecule has 0 fully saturated rings. The third-order valence-electron chi connectivity index (χ3n) is 16.5. The zero-order valence-corrected chi connectivity index (χ0v) is 86.4. The van der Waals surface area contributed by atoms with Crippen LogP contribution in [0.4, 0.5) is 112 Å². The molecule has 1 atom stereocenters. The van der Waals surface area contributed by atoms with E-state index in [9.17, 15) is 112 Å². The van der Waals surface area contributed by atoms with Crippen LogP contribution in [0.25, 0.3) is 0 Å². The first-order chi connectivity index (χ1) is 64.2. The number of hydrogen-bond donors (Lipinski definition) is 1. The summed E-state index contributed by atoms with van der Waals surface area (Å²) in [6, 6.07) is 139. The van der Waals surface area contributed by atoms with Crippen molar-refractivity contribution in [1.29, 1.82) is 0 Å². The van der Waals surface area contributed by atoms with Gasteiger partial charge in [0.1, 0.15) is 20.2 Å². The van der Waals surface area contributed by atoms with Gasteiger partial charge in [0.25, 0.3) is 0 Å². The predicted octanol–water partition coefficient (Wildman–Crippen LogP) is 27.8. The van der Waals surface area contributed by atoms with Crippen LogP contribution in [0.1, 0.15) is 37.8 Å². The number of halogens is 31. The molecular formula is C97H81BF29I2O2P3S5Sb+.